The van der Waals surface area contributed by atoms with E-state index in [9.17, 15) is 8.78 Å². The van der Waals surface area contributed by atoms with Crippen LogP contribution in [0.5, 0.6) is 0 Å². The van der Waals surface area contributed by atoms with Crippen LogP contribution in [0.1, 0.15) is 23.4 Å². The molecule has 24 heavy (non-hydrogen) atoms. The van der Waals surface area contributed by atoms with Gasteiger partial charge in [-0.15, -0.1) is 0 Å². The zero-order valence-electron chi connectivity index (χ0n) is 13.8. The van der Waals surface area contributed by atoms with Crippen LogP contribution in [0.4, 0.5) is 14.7 Å². The molecular weight excluding hydrogens is 310 g/mol. The second kappa shape index (κ2) is 5.77. The highest BCUT2D eigenvalue weighted by Crippen LogP contribution is 2.35. The summed E-state index contributed by atoms with van der Waals surface area (Å²) >= 11 is 0. The molecule has 1 aromatic heterocycles. The molecule has 2 atom stereocenters. The number of aryl methyl sites for hydroxylation is 2. The van der Waals surface area contributed by atoms with Gasteiger partial charge in [-0.3, -0.25) is 4.90 Å². The Balaban J connectivity index is 1.48. The van der Waals surface area contributed by atoms with Crippen LogP contribution in [-0.4, -0.2) is 40.0 Å². The summed E-state index contributed by atoms with van der Waals surface area (Å²) in [4.78, 5) is 13.5. The van der Waals surface area contributed by atoms with E-state index in [1.54, 1.807) is 0 Å². The number of rotatable bonds is 3. The zero-order valence-corrected chi connectivity index (χ0v) is 13.8. The maximum atomic E-state index is 13.9. The van der Waals surface area contributed by atoms with Gasteiger partial charge in [-0.1, -0.05) is 0 Å². The molecule has 3 aliphatic heterocycles. The SMILES string of the molecule is Cc1cc(C)nc(N2CC3CC(C2)N3Cc2cc(F)ccc2F)n1. The van der Waals surface area contributed by atoms with Crippen molar-refractivity contribution in [2.45, 2.75) is 38.9 Å². The summed E-state index contributed by atoms with van der Waals surface area (Å²) in [6.45, 7) is 6.07. The largest absolute Gasteiger partial charge is 0.338 e. The molecule has 2 unspecified atom stereocenters. The van der Waals surface area contributed by atoms with Crippen molar-refractivity contribution in [1.29, 1.82) is 0 Å². The number of fused-ring (bicyclic) bond motifs is 2. The number of piperidine rings is 1. The maximum Gasteiger partial charge on any atom is 0.225 e. The summed E-state index contributed by atoms with van der Waals surface area (Å²) in [5, 5.41) is 0. The van der Waals surface area contributed by atoms with Crippen LogP contribution >= 0.6 is 0 Å². The number of hydrogen-bond donors (Lipinski definition) is 0. The molecule has 0 spiro atoms. The topological polar surface area (TPSA) is 32.3 Å². The van der Waals surface area contributed by atoms with Crippen molar-refractivity contribution in [3.05, 3.63) is 52.9 Å². The second-order valence-corrected chi connectivity index (χ2v) is 6.81. The molecule has 2 bridgehead atoms. The van der Waals surface area contributed by atoms with Gasteiger partial charge < -0.3 is 4.90 Å². The fourth-order valence-electron chi connectivity index (χ4n) is 3.82. The van der Waals surface area contributed by atoms with Crippen LogP contribution < -0.4 is 4.90 Å². The summed E-state index contributed by atoms with van der Waals surface area (Å²) in [7, 11) is 0. The van der Waals surface area contributed by atoms with E-state index in [1.165, 1.54) is 12.1 Å². The summed E-state index contributed by atoms with van der Waals surface area (Å²) < 4.78 is 27.2. The lowest BCUT2D eigenvalue weighted by Gasteiger charge is -2.56. The van der Waals surface area contributed by atoms with E-state index < -0.39 is 0 Å². The van der Waals surface area contributed by atoms with E-state index >= 15 is 0 Å². The first-order valence-corrected chi connectivity index (χ1v) is 8.26. The van der Waals surface area contributed by atoms with E-state index in [0.29, 0.717) is 24.2 Å². The second-order valence-electron chi connectivity index (χ2n) is 6.81. The van der Waals surface area contributed by atoms with Crippen molar-refractivity contribution in [2.24, 2.45) is 0 Å². The van der Waals surface area contributed by atoms with E-state index in [-0.39, 0.29) is 11.6 Å². The van der Waals surface area contributed by atoms with E-state index in [2.05, 4.69) is 19.8 Å². The Morgan fingerprint density at radius 3 is 2.38 bits per heavy atom. The summed E-state index contributed by atoms with van der Waals surface area (Å²) in [5.74, 6) is 0.0528. The van der Waals surface area contributed by atoms with Crippen molar-refractivity contribution in [3.8, 4) is 0 Å². The number of nitrogens with zero attached hydrogens (tertiary/aromatic N) is 4. The highest BCUT2D eigenvalue weighted by Gasteiger charge is 2.45. The molecule has 1 aromatic carbocycles. The third kappa shape index (κ3) is 2.75. The van der Waals surface area contributed by atoms with E-state index in [0.717, 1.165) is 42.9 Å². The molecule has 3 saturated heterocycles. The Labute approximate surface area is 140 Å². The minimum absolute atomic E-state index is 0.337. The van der Waals surface area contributed by atoms with Crippen molar-refractivity contribution >= 4 is 5.95 Å². The van der Waals surface area contributed by atoms with Gasteiger partial charge in [-0.25, -0.2) is 18.7 Å². The van der Waals surface area contributed by atoms with Gasteiger partial charge in [0.15, 0.2) is 0 Å². The Morgan fingerprint density at radius 2 is 1.71 bits per heavy atom. The van der Waals surface area contributed by atoms with Crippen LogP contribution in [0.3, 0.4) is 0 Å². The molecule has 0 aliphatic carbocycles. The predicted molar refractivity (Wildman–Crippen MR) is 87.8 cm³/mol. The van der Waals surface area contributed by atoms with Gasteiger partial charge in [0.2, 0.25) is 5.95 Å². The number of halogens is 2. The highest BCUT2D eigenvalue weighted by atomic mass is 19.1. The lowest BCUT2D eigenvalue weighted by atomic mass is 9.87. The van der Waals surface area contributed by atoms with Crippen LogP contribution in [0.15, 0.2) is 24.3 Å². The van der Waals surface area contributed by atoms with Gasteiger partial charge in [0.05, 0.1) is 0 Å². The summed E-state index contributed by atoms with van der Waals surface area (Å²) in [6.07, 6.45) is 1.10. The van der Waals surface area contributed by atoms with Gasteiger partial charge in [-0.05, 0) is 44.5 Å². The minimum atomic E-state index is -0.387. The monoisotopic (exact) mass is 330 g/mol. The van der Waals surface area contributed by atoms with Gasteiger partial charge >= 0.3 is 0 Å². The Morgan fingerprint density at radius 1 is 1.04 bits per heavy atom. The third-order valence-electron chi connectivity index (χ3n) is 4.96. The molecule has 0 saturated carbocycles. The molecule has 0 radical (unpaired) electrons. The third-order valence-corrected chi connectivity index (χ3v) is 4.96. The summed E-state index contributed by atoms with van der Waals surface area (Å²) in [5.41, 5.74) is 2.37. The number of aromatic nitrogens is 2. The van der Waals surface area contributed by atoms with Crippen molar-refractivity contribution in [3.63, 3.8) is 0 Å². The fraction of sp³-hybridized carbons (Fsp3) is 0.444. The lowest BCUT2D eigenvalue weighted by molar-refractivity contribution is -0.00982. The van der Waals surface area contributed by atoms with Gasteiger partial charge in [-0.2, -0.15) is 0 Å². The minimum Gasteiger partial charge on any atom is -0.338 e. The average Bonchev–Trinajstić information content (AvgIpc) is 2.54. The van der Waals surface area contributed by atoms with Crippen LogP contribution in [0.2, 0.25) is 0 Å². The van der Waals surface area contributed by atoms with Gasteiger partial charge in [0, 0.05) is 48.7 Å². The molecule has 3 aliphatic rings. The maximum absolute atomic E-state index is 13.9. The number of benzene rings is 1. The molecule has 4 nitrogen and oxygen atoms in total. The van der Waals surface area contributed by atoms with Crippen molar-refractivity contribution in [2.75, 3.05) is 18.0 Å². The first-order valence-electron chi connectivity index (χ1n) is 8.26. The summed E-state index contributed by atoms with van der Waals surface area (Å²) in [6, 6.07) is 6.32. The molecule has 2 aromatic rings. The number of anilines is 1. The average molecular weight is 330 g/mol. The van der Waals surface area contributed by atoms with Crippen LogP contribution in [0.25, 0.3) is 0 Å². The quantitative estimate of drug-likeness (QED) is 0.866. The van der Waals surface area contributed by atoms with Crippen LogP contribution in [0, 0.1) is 25.5 Å². The fourth-order valence-corrected chi connectivity index (χ4v) is 3.82. The molecule has 5 rings (SSSR count). The van der Waals surface area contributed by atoms with E-state index in [1.807, 2.05) is 19.9 Å². The Kier molecular flexibility index (Phi) is 3.72. The Bertz CT molecular complexity index is 747. The molecule has 0 N–H and O–H groups in total. The molecule has 4 heterocycles. The molecule has 0 amide bonds. The smallest absolute Gasteiger partial charge is 0.225 e. The normalized spacial score (nSPS) is 23.2. The zero-order chi connectivity index (χ0) is 16.8. The molecule has 6 heteroatoms. The van der Waals surface area contributed by atoms with Crippen molar-refractivity contribution < 1.29 is 8.78 Å². The molecular formula is C18H20F2N4. The predicted octanol–water partition coefficient (Wildman–Crippen LogP) is 2.83. The van der Waals surface area contributed by atoms with Crippen molar-refractivity contribution in [1.82, 2.24) is 14.9 Å². The van der Waals surface area contributed by atoms with E-state index in [4.69, 9.17) is 0 Å². The number of hydrogen-bond acceptors (Lipinski definition) is 4. The highest BCUT2D eigenvalue weighted by molar-refractivity contribution is 5.36. The molecule has 3 fully saturated rings. The first kappa shape index (κ1) is 15.4. The van der Waals surface area contributed by atoms with Crippen LogP contribution in [-0.2, 0) is 6.54 Å². The molecule has 126 valence electrons. The number of piperazine rings is 1. The Hall–Kier alpha value is -2.08. The standard InChI is InChI=1S/C18H20F2N4/c1-11-5-12(2)22-18(21-11)23-9-15-7-16(10-23)24(15)8-13-6-14(19)3-4-17(13)20/h3-6,15-16H,7-10H2,1-2H3. The van der Waals surface area contributed by atoms with Gasteiger partial charge in [0.1, 0.15) is 11.6 Å². The first-order chi connectivity index (χ1) is 11.5. The lowest BCUT2D eigenvalue weighted by Crippen LogP contribution is -2.68. The van der Waals surface area contributed by atoms with Gasteiger partial charge in [0.25, 0.3) is 0 Å².